The fourth-order valence-electron chi connectivity index (χ4n) is 3.09. The molecule has 2 rings (SSSR count). The van der Waals surface area contributed by atoms with E-state index in [0.29, 0.717) is 29.6 Å². The Balaban J connectivity index is 2.27. The van der Waals surface area contributed by atoms with Gasteiger partial charge in [-0.2, -0.15) is 0 Å². The lowest BCUT2D eigenvalue weighted by atomic mass is 9.92. The minimum absolute atomic E-state index is 0.0453. The molecule has 0 amide bonds. The average Bonchev–Trinajstić information content (AvgIpc) is 2.67. The first-order chi connectivity index (χ1) is 14.1. The van der Waals surface area contributed by atoms with Crippen LogP contribution in [0.25, 0.3) is 0 Å². The van der Waals surface area contributed by atoms with E-state index < -0.39 is 11.9 Å². The maximum atomic E-state index is 12.6. The van der Waals surface area contributed by atoms with Gasteiger partial charge in [-0.1, -0.05) is 35.5 Å². The minimum atomic E-state index is -1.01. The molecule has 1 unspecified atom stereocenters. The van der Waals surface area contributed by atoms with Gasteiger partial charge >= 0.3 is 0 Å². The Morgan fingerprint density at radius 3 is 2.30 bits per heavy atom. The van der Waals surface area contributed by atoms with Crippen LogP contribution >= 0.6 is 0 Å². The van der Waals surface area contributed by atoms with Crippen molar-refractivity contribution in [3.05, 3.63) is 81.7 Å². The van der Waals surface area contributed by atoms with Crippen molar-refractivity contribution in [1.29, 1.82) is 0 Å². The Morgan fingerprint density at radius 1 is 1.03 bits per heavy atom. The molecule has 4 N–H and O–H groups in total. The summed E-state index contributed by atoms with van der Waals surface area (Å²) in [5, 5.41) is 40.7. The van der Waals surface area contributed by atoms with E-state index in [1.165, 1.54) is 18.2 Å². The number of carbonyl (C=O) groups excluding carboxylic acids is 1. The monoisotopic (exact) mass is 410 g/mol. The van der Waals surface area contributed by atoms with Crippen molar-refractivity contribution in [2.75, 3.05) is 0 Å². The van der Waals surface area contributed by atoms with E-state index in [1.54, 1.807) is 12.2 Å². The van der Waals surface area contributed by atoms with Gasteiger partial charge in [-0.3, -0.25) is 4.79 Å². The van der Waals surface area contributed by atoms with E-state index in [-0.39, 0.29) is 29.2 Å². The van der Waals surface area contributed by atoms with Gasteiger partial charge in [0.05, 0.1) is 5.56 Å². The molecule has 5 heteroatoms. The van der Waals surface area contributed by atoms with Gasteiger partial charge in [-0.05, 0) is 69.9 Å². The Morgan fingerprint density at radius 2 is 1.67 bits per heavy atom. The number of carbonyl (C=O) groups is 1. The molecule has 1 aromatic rings. The first-order valence-corrected chi connectivity index (χ1v) is 9.93. The van der Waals surface area contributed by atoms with Crippen LogP contribution in [0.5, 0.6) is 11.5 Å². The first-order valence-electron chi connectivity index (χ1n) is 9.93. The molecular weight excluding hydrogens is 380 g/mol. The highest BCUT2D eigenvalue weighted by Crippen LogP contribution is 2.32. The van der Waals surface area contributed by atoms with Gasteiger partial charge in [0.1, 0.15) is 23.4 Å². The van der Waals surface area contributed by atoms with E-state index in [0.717, 1.165) is 11.1 Å². The van der Waals surface area contributed by atoms with Crippen molar-refractivity contribution in [3.8, 4) is 11.5 Å². The number of aromatic hydroxyl groups is 2. The first kappa shape index (κ1) is 23.2. The molecular formula is C25H30O5. The third-order valence-electron chi connectivity index (χ3n) is 4.85. The summed E-state index contributed by atoms with van der Waals surface area (Å²) in [6.07, 6.45) is 8.49. The second-order valence-corrected chi connectivity index (χ2v) is 7.98. The SMILES string of the molecule is CC(C)=CCC1=C(O)C(O)CC(/C=C/C(=O)c2ccc(O)c(CC=C(C)C)c2O)=C1. The number of aliphatic hydroxyl groups is 2. The number of phenolic OH excluding ortho intramolecular Hbond substituents is 2. The topological polar surface area (TPSA) is 98.0 Å². The summed E-state index contributed by atoms with van der Waals surface area (Å²) in [7, 11) is 0. The highest BCUT2D eigenvalue weighted by atomic mass is 16.3. The predicted octanol–water partition coefficient (Wildman–Crippen LogP) is 5.20. The number of hydrogen-bond donors (Lipinski definition) is 4. The quantitative estimate of drug-likeness (QED) is 0.281. The summed E-state index contributed by atoms with van der Waals surface area (Å²) < 4.78 is 0. The molecule has 1 aromatic carbocycles. The van der Waals surface area contributed by atoms with Gasteiger partial charge in [-0.25, -0.2) is 0 Å². The Hall–Kier alpha value is -3.05. The van der Waals surface area contributed by atoms with Gasteiger partial charge in [0, 0.05) is 12.0 Å². The average molecular weight is 411 g/mol. The molecule has 5 nitrogen and oxygen atoms in total. The zero-order valence-corrected chi connectivity index (χ0v) is 17.9. The third kappa shape index (κ3) is 5.97. The lowest BCUT2D eigenvalue weighted by molar-refractivity contribution is 0.104. The molecule has 0 bridgehead atoms. The number of rotatable bonds is 7. The number of benzene rings is 1. The molecule has 1 aliphatic carbocycles. The molecule has 30 heavy (non-hydrogen) atoms. The van der Waals surface area contributed by atoms with E-state index in [1.807, 2.05) is 39.8 Å². The van der Waals surface area contributed by atoms with Gasteiger partial charge in [0.25, 0.3) is 0 Å². The van der Waals surface area contributed by atoms with Crippen LogP contribution in [0.15, 0.2) is 70.6 Å². The largest absolute Gasteiger partial charge is 0.509 e. The number of aliphatic hydroxyl groups excluding tert-OH is 2. The standard InChI is InChI=1S/C25H30O5/c1-15(2)5-8-18-13-17(14-23(28)24(18)29)7-11-21(26)20-10-12-22(27)19(25(20)30)9-6-16(3)4/h5-7,10-13,23,27-30H,8-9,14H2,1-4H3/b11-7+. The van der Waals surface area contributed by atoms with Crippen molar-refractivity contribution >= 4 is 5.78 Å². The lowest BCUT2D eigenvalue weighted by Crippen LogP contribution is -2.16. The zero-order chi connectivity index (χ0) is 22.4. The lowest BCUT2D eigenvalue weighted by Gasteiger charge is -2.19. The van der Waals surface area contributed by atoms with Crippen LogP contribution in [0.2, 0.25) is 0 Å². The summed E-state index contributed by atoms with van der Waals surface area (Å²) in [4.78, 5) is 12.6. The third-order valence-corrected chi connectivity index (χ3v) is 4.85. The van der Waals surface area contributed by atoms with Crippen molar-refractivity contribution < 1.29 is 25.2 Å². The summed E-state index contributed by atoms with van der Waals surface area (Å²) in [6.45, 7) is 7.73. The Labute approximate surface area is 177 Å². The van der Waals surface area contributed by atoms with Crippen LogP contribution in [-0.4, -0.2) is 32.3 Å². The number of ketones is 1. The van der Waals surface area contributed by atoms with Crippen LogP contribution in [0, 0.1) is 0 Å². The fraction of sp³-hybridized carbons (Fsp3) is 0.320. The summed E-state index contributed by atoms with van der Waals surface area (Å²) in [6, 6.07) is 2.79. The zero-order valence-electron chi connectivity index (χ0n) is 17.9. The maximum absolute atomic E-state index is 12.6. The van der Waals surface area contributed by atoms with Crippen LogP contribution in [0.1, 0.15) is 56.5 Å². The molecule has 0 fully saturated rings. The van der Waals surface area contributed by atoms with Gasteiger partial charge in [-0.15, -0.1) is 0 Å². The van der Waals surface area contributed by atoms with Crippen molar-refractivity contribution in [1.82, 2.24) is 0 Å². The molecule has 0 radical (unpaired) electrons. The van der Waals surface area contributed by atoms with E-state index >= 15 is 0 Å². The molecule has 0 heterocycles. The van der Waals surface area contributed by atoms with Crippen molar-refractivity contribution in [3.63, 3.8) is 0 Å². The second-order valence-electron chi connectivity index (χ2n) is 7.98. The Kier molecular flexibility index (Phi) is 7.84. The molecule has 0 aromatic heterocycles. The number of allylic oxidation sites excluding steroid dienone is 8. The number of hydrogen-bond acceptors (Lipinski definition) is 5. The van der Waals surface area contributed by atoms with Gasteiger partial charge in [0.15, 0.2) is 5.78 Å². The van der Waals surface area contributed by atoms with Crippen molar-refractivity contribution in [2.24, 2.45) is 0 Å². The van der Waals surface area contributed by atoms with E-state index in [4.69, 9.17) is 0 Å². The summed E-state index contributed by atoms with van der Waals surface area (Å²) in [5.74, 6) is -0.753. The predicted molar refractivity (Wildman–Crippen MR) is 119 cm³/mol. The molecule has 160 valence electrons. The van der Waals surface area contributed by atoms with E-state index in [9.17, 15) is 25.2 Å². The Bertz CT molecular complexity index is 965. The number of phenols is 2. The van der Waals surface area contributed by atoms with Gasteiger partial charge in [0.2, 0.25) is 0 Å². The molecule has 0 aliphatic heterocycles. The normalized spacial score (nSPS) is 16.4. The molecule has 0 spiro atoms. The summed E-state index contributed by atoms with van der Waals surface area (Å²) in [5.41, 5.74) is 3.85. The fourth-order valence-corrected chi connectivity index (χ4v) is 3.09. The molecule has 1 atom stereocenters. The second kappa shape index (κ2) is 10.1. The van der Waals surface area contributed by atoms with E-state index in [2.05, 4.69) is 0 Å². The maximum Gasteiger partial charge on any atom is 0.189 e. The van der Waals surface area contributed by atoms with Crippen LogP contribution in [-0.2, 0) is 6.42 Å². The van der Waals surface area contributed by atoms with Crippen LogP contribution in [0.3, 0.4) is 0 Å². The summed E-state index contributed by atoms with van der Waals surface area (Å²) >= 11 is 0. The molecule has 0 saturated heterocycles. The van der Waals surface area contributed by atoms with Gasteiger partial charge < -0.3 is 20.4 Å². The van der Waals surface area contributed by atoms with Crippen molar-refractivity contribution in [2.45, 2.75) is 53.1 Å². The smallest absolute Gasteiger partial charge is 0.189 e. The molecule has 1 aliphatic rings. The highest BCUT2D eigenvalue weighted by Gasteiger charge is 2.20. The minimum Gasteiger partial charge on any atom is -0.509 e. The van der Waals surface area contributed by atoms with Crippen LogP contribution in [0.4, 0.5) is 0 Å². The van der Waals surface area contributed by atoms with Crippen LogP contribution < -0.4 is 0 Å². The highest BCUT2D eigenvalue weighted by molar-refractivity contribution is 6.07. The molecule has 0 saturated carbocycles.